The van der Waals surface area contributed by atoms with Gasteiger partial charge in [-0.15, -0.1) is 0 Å². The molecule has 2 unspecified atom stereocenters. The summed E-state index contributed by atoms with van der Waals surface area (Å²) in [5.74, 6) is -2.63. The molecule has 0 saturated carbocycles. The topological polar surface area (TPSA) is 175 Å². The van der Waals surface area contributed by atoms with Crippen LogP contribution in [0.25, 0.3) is 0 Å². The van der Waals surface area contributed by atoms with Gasteiger partial charge in [-0.25, -0.2) is 0 Å². The summed E-state index contributed by atoms with van der Waals surface area (Å²) in [7, 11) is 7.85. The molecule has 0 aliphatic carbocycles. The summed E-state index contributed by atoms with van der Waals surface area (Å²) in [4.78, 5) is 61.5. The lowest BCUT2D eigenvalue weighted by Crippen LogP contribution is -2.75. The monoisotopic (exact) mass is 740 g/mol. The quantitative estimate of drug-likeness (QED) is 0.275. The molecule has 264 valence electrons. The molecule has 8 heterocycles. The van der Waals surface area contributed by atoms with E-state index in [1.165, 1.54) is 49.5 Å². The first kappa shape index (κ1) is 32.7. The molecule has 0 aromatic heterocycles. The molecule has 10 rings (SSSR count). The number of carbonyl (C=O) groups excluding carboxylic acids is 4. The van der Waals surface area contributed by atoms with Gasteiger partial charge in [0.05, 0.1) is 17.4 Å². The van der Waals surface area contributed by atoms with Gasteiger partial charge in [0.2, 0.25) is 4.87 Å². The molecule has 17 heteroatoms. The Balaban J connectivity index is 1.43. The van der Waals surface area contributed by atoms with Gasteiger partial charge in [0, 0.05) is 32.6 Å². The number of methoxy groups -OCH3 is 1. The molecule has 1 spiro atoms. The van der Waals surface area contributed by atoms with Gasteiger partial charge in [0.15, 0.2) is 4.87 Å². The number of piperazine rings is 2. The lowest BCUT2D eigenvalue weighted by Gasteiger charge is -2.52. The smallest absolute Gasteiger partial charge is 0.279 e. The summed E-state index contributed by atoms with van der Waals surface area (Å²) < 4.78 is 6.04. The third-order valence-electron chi connectivity index (χ3n) is 12.6. The summed E-state index contributed by atoms with van der Waals surface area (Å²) in [5.41, 5.74) is -3.90. The van der Waals surface area contributed by atoms with Crippen LogP contribution in [-0.2, 0) is 34.7 Å². The van der Waals surface area contributed by atoms with Crippen molar-refractivity contribution in [3.63, 3.8) is 0 Å². The first-order valence-corrected chi connectivity index (χ1v) is 19.8. The average molecular weight is 741 g/mol. The van der Waals surface area contributed by atoms with Crippen molar-refractivity contribution < 1.29 is 39.2 Å². The number of rotatable bonds is 4. The molecule has 8 aliphatic rings. The Morgan fingerprint density at radius 1 is 0.820 bits per heavy atom. The van der Waals surface area contributed by atoms with Crippen molar-refractivity contribution in [3.05, 3.63) is 59.7 Å². The summed E-state index contributed by atoms with van der Waals surface area (Å²) in [6.07, 6.45) is -6.00. The number of carbonyl (C=O) groups is 4. The van der Waals surface area contributed by atoms with E-state index in [-0.39, 0.29) is 11.8 Å². The predicted molar refractivity (Wildman–Crippen MR) is 186 cm³/mol. The van der Waals surface area contributed by atoms with E-state index in [0.29, 0.717) is 22.5 Å². The Morgan fingerprint density at radius 3 is 1.94 bits per heavy atom. The molecular weight excluding hydrogens is 705 g/mol. The maximum Gasteiger partial charge on any atom is 0.279 e. The maximum absolute atomic E-state index is 15.3. The summed E-state index contributed by atoms with van der Waals surface area (Å²) in [5, 5.41) is 44.1. The van der Waals surface area contributed by atoms with Crippen molar-refractivity contribution >= 4 is 66.4 Å². The van der Waals surface area contributed by atoms with E-state index >= 15 is 9.59 Å². The van der Waals surface area contributed by atoms with Crippen molar-refractivity contribution in [2.75, 3.05) is 38.4 Å². The molecule has 2 bridgehead atoms. The Hall–Kier alpha value is -3.19. The summed E-state index contributed by atoms with van der Waals surface area (Å²) in [6.45, 7) is 3.08. The van der Waals surface area contributed by atoms with Crippen LogP contribution in [0.15, 0.2) is 48.5 Å². The molecule has 50 heavy (non-hydrogen) atoms. The van der Waals surface area contributed by atoms with Crippen molar-refractivity contribution in [3.8, 4) is 0 Å². The van der Waals surface area contributed by atoms with E-state index in [4.69, 9.17) is 4.74 Å². The van der Waals surface area contributed by atoms with Crippen molar-refractivity contribution in [1.29, 1.82) is 0 Å². The van der Waals surface area contributed by atoms with Gasteiger partial charge in [0.1, 0.15) is 30.6 Å². The van der Waals surface area contributed by atoms with Crippen LogP contribution < -0.4 is 10.6 Å². The number of hydrogen-bond donors (Lipinski definition) is 5. The van der Waals surface area contributed by atoms with E-state index in [0.717, 1.165) is 15.7 Å². The fourth-order valence-electron chi connectivity index (χ4n) is 10.5. The molecule has 14 nitrogen and oxygen atoms in total. The van der Waals surface area contributed by atoms with Crippen LogP contribution in [0.5, 0.6) is 0 Å². The fraction of sp³-hybridized carbons (Fsp3) is 0.515. The van der Waals surface area contributed by atoms with E-state index in [2.05, 4.69) is 10.6 Å². The van der Waals surface area contributed by atoms with Crippen LogP contribution in [0.4, 0.5) is 11.4 Å². The Labute approximate surface area is 299 Å². The third kappa shape index (κ3) is 2.95. The maximum atomic E-state index is 15.3. The number of ether oxygens (including phenoxy) is 1. The minimum Gasteiger partial charge on any atom is -0.394 e. The highest BCUT2D eigenvalue weighted by atomic mass is 33.5. The number of aliphatic hydroxyl groups is 3. The highest BCUT2D eigenvalue weighted by molar-refractivity contribution is 9.10. The minimum absolute atomic E-state index is 0.335. The number of aliphatic hydroxyl groups excluding tert-OH is 3. The molecule has 2 aromatic carbocycles. The number of anilines is 2. The van der Waals surface area contributed by atoms with Crippen molar-refractivity contribution in [1.82, 2.24) is 19.6 Å². The number of benzene rings is 2. The van der Waals surface area contributed by atoms with Crippen molar-refractivity contribution in [2.24, 2.45) is 5.92 Å². The summed E-state index contributed by atoms with van der Waals surface area (Å²) >= 11 is 0. The van der Waals surface area contributed by atoms with E-state index in [1.807, 2.05) is 26.0 Å². The van der Waals surface area contributed by atoms with Gasteiger partial charge in [0.25, 0.3) is 29.4 Å². The first-order valence-electron chi connectivity index (χ1n) is 16.3. The fourth-order valence-corrected chi connectivity index (χ4v) is 16.8. The molecule has 10 atom stereocenters. The average Bonchev–Trinajstić information content (AvgIpc) is 3.70. The zero-order chi connectivity index (χ0) is 35.5. The second-order valence-electron chi connectivity index (χ2n) is 14.3. The number of amides is 4. The molecule has 8 aliphatic heterocycles. The standard InChI is InChI=1S/C33H36N6O8S3/c1-15(2)32-28(46)39-25-30(17-11-7-9-13-19(17)35-25,23(43)33(39,49-50-48-32)27(45)37(32)4)29-16-10-6-8-12-18(16)34-24(29)38-21(41)20(14-40)36(3)26(44)31(38,47-5)22(29)42/h6-13,15,20,22-25,34-35,40,42-43H,14H2,1-5H3/t20-,22+,23+,24-,25+,29?,30+,31-,32-,33?/m0/s1. The van der Waals surface area contributed by atoms with Gasteiger partial charge in [-0.1, -0.05) is 50.2 Å². The molecule has 2 aromatic rings. The lowest BCUT2D eigenvalue weighted by atomic mass is 9.51. The highest BCUT2D eigenvalue weighted by Gasteiger charge is 2.91. The number of nitrogens with one attached hydrogen (secondary N) is 2. The Kier molecular flexibility index (Phi) is 6.55. The van der Waals surface area contributed by atoms with Gasteiger partial charge in [-0.3, -0.25) is 29.0 Å². The van der Waals surface area contributed by atoms with Crippen LogP contribution >= 0.6 is 31.4 Å². The van der Waals surface area contributed by atoms with Gasteiger partial charge < -0.3 is 40.5 Å². The van der Waals surface area contributed by atoms with Crippen LogP contribution in [0, 0.1) is 5.92 Å². The lowest BCUT2D eigenvalue weighted by molar-refractivity contribution is -0.218. The van der Waals surface area contributed by atoms with Gasteiger partial charge in [-0.2, -0.15) is 0 Å². The number of likely N-dealkylation sites (N-methyl/N-ethyl adjacent to an activating group) is 2. The van der Waals surface area contributed by atoms with Crippen LogP contribution in [-0.4, -0.2) is 132 Å². The largest absolute Gasteiger partial charge is 0.394 e. The zero-order valence-corrected chi connectivity index (χ0v) is 30.1. The zero-order valence-electron chi connectivity index (χ0n) is 27.7. The Morgan fingerprint density at radius 2 is 1.38 bits per heavy atom. The van der Waals surface area contributed by atoms with Crippen LogP contribution in [0.2, 0.25) is 0 Å². The molecule has 5 N–H and O–H groups in total. The number of para-hydroxylation sites is 2. The van der Waals surface area contributed by atoms with Gasteiger partial charge >= 0.3 is 0 Å². The van der Waals surface area contributed by atoms with E-state index in [9.17, 15) is 24.9 Å². The highest BCUT2D eigenvalue weighted by Crippen LogP contribution is 2.76. The first-order chi connectivity index (χ1) is 23.8. The molecule has 6 fully saturated rings. The number of hydrogen-bond acceptors (Lipinski definition) is 13. The van der Waals surface area contributed by atoms with E-state index in [1.54, 1.807) is 43.4 Å². The third-order valence-corrected chi connectivity index (χ3v) is 17.9. The molecule has 0 radical (unpaired) electrons. The van der Waals surface area contributed by atoms with Crippen molar-refractivity contribution in [2.45, 2.75) is 70.7 Å². The molecule has 6 saturated heterocycles. The number of nitrogens with zero attached hydrogens (tertiary/aromatic N) is 4. The van der Waals surface area contributed by atoms with Crippen LogP contribution in [0.3, 0.4) is 0 Å². The van der Waals surface area contributed by atoms with Crippen LogP contribution in [0.1, 0.15) is 25.0 Å². The van der Waals surface area contributed by atoms with Gasteiger partial charge in [-0.05, 0) is 60.6 Å². The Bertz CT molecular complexity index is 1920. The second-order valence-corrected chi connectivity index (χ2v) is 18.6. The molecular formula is C33H36N6O8S3. The second kappa shape index (κ2) is 10.0. The van der Waals surface area contributed by atoms with E-state index < -0.39 is 81.2 Å². The predicted octanol–water partition coefficient (Wildman–Crippen LogP) is 0.511. The normalized spacial score (nSPS) is 42.2. The summed E-state index contributed by atoms with van der Waals surface area (Å²) in [6, 6.07) is 13.0. The number of fused-ring (bicyclic) bond motifs is 12. The minimum atomic E-state index is -2.32. The molecule has 4 amide bonds. The SMILES string of the molecule is CO[C@@]12C(=O)N(C)[C@@H](CO)C(=O)N1[C@@H]1Nc3ccccc3C1([C@@]13c4ccccc4N[C@@H]1N1C(=O)[C@]4(C(C)C)SSSC1(C(=O)N4C)[C@@H]3O)[C@H]2O.